The first-order valence-electron chi connectivity index (χ1n) is 9.42. The number of hydrogen-bond acceptors (Lipinski definition) is 5. The third-order valence-corrected chi connectivity index (χ3v) is 4.68. The highest BCUT2D eigenvalue weighted by Gasteiger charge is 2.11. The van der Waals surface area contributed by atoms with Crippen molar-refractivity contribution in [3.8, 4) is 16.9 Å². The number of rotatable bonds is 7. The minimum atomic E-state index is 0.598. The Morgan fingerprint density at radius 2 is 2.00 bits per heavy atom. The van der Waals surface area contributed by atoms with E-state index in [-0.39, 0.29) is 0 Å². The van der Waals surface area contributed by atoms with E-state index < -0.39 is 0 Å². The molecule has 0 unspecified atom stereocenters. The molecule has 0 spiro atoms. The second-order valence-corrected chi connectivity index (χ2v) is 6.58. The van der Waals surface area contributed by atoms with Gasteiger partial charge in [-0.1, -0.05) is 25.1 Å². The Bertz CT molecular complexity index is 1050. The number of para-hydroxylation sites is 1. The number of nitrogens with one attached hydrogen (secondary N) is 1. The third-order valence-electron chi connectivity index (χ3n) is 4.68. The normalized spacial score (nSPS) is 10.9. The van der Waals surface area contributed by atoms with Crippen molar-refractivity contribution in [3.05, 3.63) is 72.7 Å². The molecule has 0 radical (unpaired) electrons. The molecule has 0 atom stereocenters. The Labute approximate surface area is 164 Å². The summed E-state index contributed by atoms with van der Waals surface area (Å²) in [6.07, 6.45) is 10.2. The van der Waals surface area contributed by atoms with Gasteiger partial charge in [0.15, 0.2) is 0 Å². The van der Waals surface area contributed by atoms with Crippen molar-refractivity contribution in [1.82, 2.24) is 29.3 Å². The van der Waals surface area contributed by atoms with Crippen molar-refractivity contribution in [2.45, 2.75) is 33.4 Å². The Morgan fingerprint density at radius 1 is 1.11 bits per heavy atom. The van der Waals surface area contributed by atoms with Crippen LogP contribution in [0, 0.1) is 6.92 Å². The molecule has 1 N–H and O–H groups in total. The van der Waals surface area contributed by atoms with Crippen molar-refractivity contribution >= 4 is 5.95 Å². The van der Waals surface area contributed by atoms with E-state index in [0.29, 0.717) is 12.5 Å². The fourth-order valence-corrected chi connectivity index (χ4v) is 3.22. The first-order chi connectivity index (χ1) is 13.8. The molecule has 0 aliphatic carbocycles. The number of benzene rings is 1. The quantitative estimate of drug-likeness (QED) is 0.532. The summed E-state index contributed by atoms with van der Waals surface area (Å²) in [7, 11) is 0. The molecule has 1 aromatic carbocycles. The van der Waals surface area contributed by atoms with E-state index in [0.717, 1.165) is 41.2 Å². The first kappa shape index (κ1) is 17.9. The topological polar surface area (TPSA) is 73.5 Å². The first-order valence-corrected chi connectivity index (χ1v) is 9.42. The third kappa shape index (κ3) is 3.64. The van der Waals surface area contributed by atoms with Gasteiger partial charge in [0, 0.05) is 42.9 Å². The van der Waals surface area contributed by atoms with Gasteiger partial charge in [0.25, 0.3) is 0 Å². The van der Waals surface area contributed by atoms with E-state index in [1.54, 1.807) is 18.7 Å². The largest absolute Gasteiger partial charge is 0.350 e. The average Bonchev–Trinajstić information content (AvgIpc) is 3.38. The highest BCUT2D eigenvalue weighted by Crippen LogP contribution is 2.22. The molecular weight excluding hydrogens is 350 g/mol. The molecule has 0 fully saturated rings. The van der Waals surface area contributed by atoms with Gasteiger partial charge in [-0.15, -0.1) is 0 Å². The monoisotopic (exact) mass is 373 g/mol. The molecule has 3 aromatic heterocycles. The predicted octanol–water partition coefficient (Wildman–Crippen LogP) is 3.86. The summed E-state index contributed by atoms with van der Waals surface area (Å²) < 4.78 is 4.02. The van der Waals surface area contributed by atoms with Crippen molar-refractivity contribution in [1.29, 1.82) is 0 Å². The molecule has 28 heavy (non-hydrogen) atoms. The standard InChI is InChI=1S/C21H23N7/c1-3-11-28-16(2)18(14-25-28)19-8-9-23-21(26-19)24-13-17-6-4-5-7-20(17)27-12-10-22-15-27/h4-10,12,14-15H,3,11,13H2,1-2H3,(H,23,24,26). The maximum Gasteiger partial charge on any atom is 0.223 e. The minimum Gasteiger partial charge on any atom is -0.350 e. The predicted molar refractivity (Wildman–Crippen MR) is 109 cm³/mol. The van der Waals surface area contributed by atoms with Crippen molar-refractivity contribution in [2.24, 2.45) is 0 Å². The van der Waals surface area contributed by atoms with E-state index >= 15 is 0 Å². The number of hydrogen-bond donors (Lipinski definition) is 1. The summed E-state index contributed by atoms with van der Waals surface area (Å²) in [5.41, 5.74) is 5.26. The molecule has 3 heterocycles. The van der Waals surface area contributed by atoms with Crippen LogP contribution in [0.1, 0.15) is 24.6 Å². The number of anilines is 1. The zero-order valence-electron chi connectivity index (χ0n) is 16.1. The Hall–Kier alpha value is -3.48. The van der Waals surface area contributed by atoms with Gasteiger partial charge < -0.3 is 9.88 Å². The van der Waals surface area contributed by atoms with Crippen LogP contribution < -0.4 is 5.32 Å². The molecule has 7 heteroatoms. The summed E-state index contributed by atoms with van der Waals surface area (Å²) in [5, 5.41) is 7.81. The maximum absolute atomic E-state index is 4.69. The Balaban J connectivity index is 1.54. The summed E-state index contributed by atoms with van der Waals surface area (Å²) in [6, 6.07) is 10.1. The highest BCUT2D eigenvalue weighted by molar-refractivity contribution is 5.61. The zero-order chi connectivity index (χ0) is 19.3. The van der Waals surface area contributed by atoms with Crippen LogP contribution in [0.4, 0.5) is 5.95 Å². The van der Waals surface area contributed by atoms with Crippen molar-refractivity contribution < 1.29 is 0 Å². The van der Waals surface area contributed by atoms with Crippen molar-refractivity contribution in [2.75, 3.05) is 5.32 Å². The van der Waals surface area contributed by atoms with E-state index in [9.17, 15) is 0 Å². The second-order valence-electron chi connectivity index (χ2n) is 6.58. The molecule has 0 bridgehead atoms. The van der Waals surface area contributed by atoms with Gasteiger partial charge in [0.2, 0.25) is 5.95 Å². The summed E-state index contributed by atoms with van der Waals surface area (Å²) in [5.74, 6) is 0.598. The fraction of sp³-hybridized carbons (Fsp3) is 0.238. The van der Waals surface area contributed by atoms with Crippen LogP contribution in [-0.4, -0.2) is 29.3 Å². The zero-order valence-corrected chi connectivity index (χ0v) is 16.1. The summed E-state index contributed by atoms with van der Waals surface area (Å²) in [4.78, 5) is 13.2. The molecule has 0 aliphatic rings. The lowest BCUT2D eigenvalue weighted by Crippen LogP contribution is -2.07. The lowest BCUT2D eigenvalue weighted by Gasteiger charge is -2.11. The van der Waals surface area contributed by atoms with E-state index in [1.165, 1.54) is 0 Å². The van der Waals surface area contributed by atoms with E-state index in [2.05, 4.69) is 46.4 Å². The van der Waals surface area contributed by atoms with Gasteiger partial charge >= 0.3 is 0 Å². The van der Waals surface area contributed by atoms with Crippen LogP contribution in [0.15, 0.2) is 61.4 Å². The van der Waals surface area contributed by atoms with Crippen LogP contribution in [0.25, 0.3) is 16.9 Å². The molecular formula is C21H23N7. The number of aromatic nitrogens is 6. The van der Waals surface area contributed by atoms with Crippen LogP contribution >= 0.6 is 0 Å². The number of nitrogens with zero attached hydrogens (tertiary/aromatic N) is 6. The molecule has 142 valence electrons. The lowest BCUT2D eigenvalue weighted by atomic mass is 10.1. The number of aryl methyl sites for hydroxylation is 1. The van der Waals surface area contributed by atoms with Crippen LogP contribution in [0.3, 0.4) is 0 Å². The molecule has 0 amide bonds. The van der Waals surface area contributed by atoms with E-state index in [1.807, 2.05) is 39.8 Å². The maximum atomic E-state index is 4.69. The van der Waals surface area contributed by atoms with Gasteiger partial charge in [-0.3, -0.25) is 4.68 Å². The highest BCUT2D eigenvalue weighted by atomic mass is 15.3. The van der Waals surface area contributed by atoms with Gasteiger partial charge in [-0.2, -0.15) is 5.10 Å². The molecule has 4 aromatic rings. The molecule has 0 aliphatic heterocycles. The van der Waals surface area contributed by atoms with E-state index in [4.69, 9.17) is 4.98 Å². The Morgan fingerprint density at radius 3 is 2.82 bits per heavy atom. The number of imidazole rings is 1. The second kappa shape index (κ2) is 8.04. The summed E-state index contributed by atoms with van der Waals surface area (Å²) >= 11 is 0. The molecule has 0 saturated carbocycles. The van der Waals surface area contributed by atoms with Gasteiger partial charge in [-0.05, 0) is 31.0 Å². The van der Waals surface area contributed by atoms with Crippen LogP contribution in [0.5, 0.6) is 0 Å². The van der Waals surface area contributed by atoms with Crippen molar-refractivity contribution in [3.63, 3.8) is 0 Å². The van der Waals surface area contributed by atoms with Crippen LogP contribution in [-0.2, 0) is 13.1 Å². The fourth-order valence-electron chi connectivity index (χ4n) is 3.22. The van der Waals surface area contributed by atoms with Crippen LogP contribution in [0.2, 0.25) is 0 Å². The molecule has 7 nitrogen and oxygen atoms in total. The minimum absolute atomic E-state index is 0.598. The van der Waals surface area contributed by atoms with Gasteiger partial charge in [0.1, 0.15) is 0 Å². The van der Waals surface area contributed by atoms with Gasteiger partial charge in [0.05, 0.1) is 23.9 Å². The molecule has 0 saturated heterocycles. The summed E-state index contributed by atoms with van der Waals surface area (Å²) in [6.45, 7) is 5.75. The SMILES string of the molecule is CCCn1ncc(-c2ccnc(NCc3ccccc3-n3ccnc3)n2)c1C. The lowest BCUT2D eigenvalue weighted by molar-refractivity contribution is 0.587. The smallest absolute Gasteiger partial charge is 0.223 e. The Kier molecular flexibility index (Phi) is 5.14. The van der Waals surface area contributed by atoms with Gasteiger partial charge in [-0.25, -0.2) is 15.0 Å². The average molecular weight is 373 g/mol. The molecule has 4 rings (SSSR count).